The second-order valence-corrected chi connectivity index (χ2v) is 9.18. The Hall–Kier alpha value is -2.48. The normalized spacial score (nSPS) is 20.5. The van der Waals surface area contributed by atoms with Gasteiger partial charge in [-0.15, -0.1) is 0 Å². The van der Waals surface area contributed by atoms with Crippen LogP contribution < -0.4 is 14.7 Å². The summed E-state index contributed by atoms with van der Waals surface area (Å²) < 4.78 is 6.08. The van der Waals surface area contributed by atoms with E-state index >= 15 is 0 Å². The van der Waals surface area contributed by atoms with Crippen LogP contribution in [0.25, 0.3) is 0 Å². The SMILES string of the molecule is CC(C(=O)[O-])C1ON(Cc2cccc3c2OC(C)(C)C3)C(=O)N1c1ccc(Cl)cc1Cl. The second-order valence-electron chi connectivity index (χ2n) is 8.33. The number of carboxylic acid groups (broad SMARTS) is 1. The molecule has 0 aliphatic carbocycles. The maximum atomic E-state index is 13.3. The zero-order chi connectivity index (χ0) is 22.5. The van der Waals surface area contributed by atoms with E-state index in [1.807, 2.05) is 32.0 Å². The number of carbonyl (C=O) groups is 2. The summed E-state index contributed by atoms with van der Waals surface area (Å²) in [5, 5.41) is 13.3. The number of hydroxylamine groups is 2. The molecule has 0 bridgehead atoms. The summed E-state index contributed by atoms with van der Waals surface area (Å²) in [7, 11) is 0. The average molecular weight is 464 g/mol. The Morgan fingerprint density at radius 1 is 1.29 bits per heavy atom. The van der Waals surface area contributed by atoms with Gasteiger partial charge in [-0.1, -0.05) is 48.3 Å². The molecule has 2 amide bonds. The number of benzene rings is 2. The van der Waals surface area contributed by atoms with Gasteiger partial charge in [0.05, 0.1) is 17.3 Å². The molecule has 0 radical (unpaired) electrons. The Balaban J connectivity index is 1.67. The fourth-order valence-electron chi connectivity index (χ4n) is 3.86. The van der Waals surface area contributed by atoms with Crippen molar-refractivity contribution < 1.29 is 24.3 Å². The number of amides is 2. The predicted octanol–water partition coefficient (Wildman–Crippen LogP) is 3.79. The molecule has 2 aromatic carbocycles. The minimum absolute atomic E-state index is 0.0794. The van der Waals surface area contributed by atoms with Crippen molar-refractivity contribution in [2.45, 2.75) is 45.6 Å². The van der Waals surface area contributed by atoms with E-state index in [0.29, 0.717) is 10.7 Å². The molecule has 2 heterocycles. The molecule has 2 unspecified atom stereocenters. The maximum Gasteiger partial charge on any atom is 0.351 e. The van der Waals surface area contributed by atoms with Crippen LogP contribution in [-0.2, 0) is 22.6 Å². The first kappa shape index (κ1) is 21.7. The van der Waals surface area contributed by atoms with Gasteiger partial charge in [0.15, 0.2) is 6.23 Å². The monoisotopic (exact) mass is 463 g/mol. The minimum atomic E-state index is -1.35. The lowest BCUT2D eigenvalue weighted by Crippen LogP contribution is -2.45. The largest absolute Gasteiger partial charge is 0.550 e. The summed E-state index contributed by atoms with van der Waals surface area (Å²) in [5.74, 6) is -1.74. The molecule has 2 aromatic rings. The lowest BCUT2D eigenvalue weighted by molar-refractivity contribution is -0.315. The third-order valence-electron chi connectivity index (χ3n) is 5.36. The third kappa shape index (κ3) is 4.05. The van der Waals surface area contributed by atoms with Crippen LogP contribution in [0.1, 0.15) is 31.9 Å². The van der Waals surface area contributed by atoms with E-state index in [-0.39, 0.29) is 17.2 Å². The van der Waals surface area contributed by atoms with Crippen LogP contribution in [0.4, 0.5) is 10.5 Å². The zero-order valence-corrected chi connectivity index (χ0v) is 18.7. The van der Waals surface area contributed by atoms with Crippen molar-refractivity contribution in [3.05, 3.63) is 57.6 Å². The average Bonchev–Trinajstić information content (AvgIpc) is 3.17. The number of carboxylic acids is 1. The molecular formula is C22H21Cl2N2O5-. The van der Waals surface area contributed by atoms with Crippen molar-refractivity contribution in [3.63, 3.8) is 0 Å². The number of anilines is 1. The Bertz CT molecular complexity index is 1060. The summed E-state index contributed by atoms with van der Waals surface area (Å²) >= 11 is 12.3. The zero-order valence-electron chi connectivity index (χ0n) is 17.2. The number of urea groups is 1. The fraction of sp³-hybridized carbons (Fsp3) is 0.364. The van der Waals surface area contributed by atoms with Gasteiger partial charge in [0.2, 0.25) is 0 Å². The molecule has 4 rings (SSSR count). The van der Waals surface area contributed by atoms with Crippen LogP contribution in [0, 0.1) is 5.92 Å². The summed E-state index contributed by atoms with van der Waals surface area (Å²) in [6.45, 7) is 5.49. The highest BCUT2D eigenvalue weighted by Crippen LogP contribution is 2.40. The number of hydrogen-bond acceptors (Lipinski definition) is 5. The topological polar surface area (TPSA) is 82.1 Å². The van der Waals surface area contributed by atoms with Crippen LogP contribution in [0.3, 0.4) is 0 Å². The van der Waals surface area contributed by atoms with E-state index < -0.39 is 24.1 Å². The van der Waals surface area contributed by atoms with Crippen molar-refractivity contribution in [3.8, 4) is 5.75 Å². The van der Waals surface area contributed by atoms with Crippen molar-refractivity contribution in [1.82, 2.24) is 5.06 Å². The number of halogens is 2. The van der Waals surface area contributed by atoms with Crippen LogP contribution in [0.15, 0.2) is 36.4 Å². The van der Waals surface area contributed by atoms with Gasteiger partial charge in [0.1, 0.15) is 11.4 Å². The highest BCUT2D eigenvalue weighted by molar-refractivity contribution is 6.36. The summed E-state index contributed by atoms with van der Waals surface area (Å²) in [4.78, 5) is 31.9. The standard InChI is InChI=1S/C22H22Cl2N2O5/c1-12(20(27)28)19-26(17-8-7-15(23)9-16(17)24)21(29)25(31-19)11-14-6-4-5-13-10-22(2,3)30-18(13)14/h4-9,12,19H,10-11H2,1-3H3,(H,27,28)/p-1. The summed E-state index contributed by atoms with van der Waals surface area (Å²) in [6, 6.07) is 9.80. The lowest BCUT2D eigenvalue weighted by atomic mass is 10.0. The van der Waals surface area contributed by atoms with E-state index in [4.69, 9.17) is 32.8 Å². The van der Waals surface area contributed by atoms with Crippen molar-refractivity contribution in [2.24, 2.45) is 5.92 Å². The number of nitrogens with zero attached hydrogens (tertiary/aromatic N) is 2. The minimum Gasteiger partial charge on any atom is -0.550 e. The first-order valence-electron chi connectivity index (χ1n) is 9.80. The van der Waals surface area contributed by atoms with E-state index in [1.54, 1.807) is 12.1 Å². The van der Waals surface area contributed by atoms with Crippen molar-refractivity contribution >= 4 is 40.9 Å². The number of hydrogen-bond donors (Lipinski definition) is 0. The van der Waals surface area contributed by atoms with Crippen molar-refractivity contribution in [1.29, 1.82) is 0 Å². The molecule has 2 aliphatic heterocycles. The quantitative estimate of drug-likeness (QED) is 0.673. The van der Waals surface area contributed by atoms with E-state index in [2.05, 4.69) is 0 Å². The first-order chi connectivity index (χ1) is 14.6. The highest BCUT2D eigenvalue weighted by Gasteiger charge is 2.44. The van der Waals surface area contributed by atoms with Gasteiger partial charge >= 0.3 is 6.03 Å². The molecule has 0 N–H and O–H groups in total. The first-order valence-corrected chi connectivity index (χ1v) is 10.6. The molecule has 1 saturated heterocycles. The van der Waals surface area contributed by atoms with Gasteiger partial charge in [-0.2, -0.15) is 5.06 Å². The van der Waals surface area contributed by atoms with Crippen LogP contribution in [-0.4, -0.2) is 28.9 Å². The Morgan fingerprint density at radius 3 is 2.71 bits per heavy atom. The molecule has 0 aromatic heterocycles. The fourth-order valence-corrected chi connectivity index (χ4v) is 4.36. The third-order valence-corrected chi connectivity index (χ3v) is 5.90. The van der Waals surface area contributed by atoms with E-state index in [9.17, 15) is 14.7 Å². The molecule has 1 fully saturated rings. The molecule has 2 aliphatic rings. The highest BCUT2D eigenvalue weighted by atomic mass is 35.5. The smallest absolute Gasteiger partial charge is 0.351 e. The molecule has 7 nitrogen and oxygen atoms in total. The molecule has 2 atom stereocenters. The van der Waals surface area contributed by atoms with Gasteiger partial charge in [-0.25, -0.2) is 9.63 Å². The van der Waals surface area contributed by atoms with Gasteiger partial charge in [0, 0.05) is 28.9 Å². The van der Waals surface area contributed by atoms with E-state index in [1.165, 1.54) is 17.9 Å². The number of ether oxygens (including phenoxy) is 1. The second kappa shape index (κ2) is 7.89. The summed E-state index contributed by atoms with van der Waals surface area (Å²) in [6.07, 6.45) is -0.382. The molecule has 164 valence electrons. The predicted molar refractivity (Wildman–Crippen MR) is 114 cm³/mol. The molecule has 9 heteroatoms. The molecule has 31 heavy (non-hydrogen) atoms. The van der Waals surface area contributed by atoms with Crippen molar-refractivity contribution in [2.75, 3.05) is 4.90 Å². The van der Waals surface area contributed by atoms with Gasteiger partial charge < -0.3 is 14.6 Å². The number of rotatable bonds is 5. The van der Waals surface area contributed by atoms with Gasteiger partial charge in [-0.3, -0.25) is 4.90 Å². The Kier molecular flexibility index (Phi) is 5.54. The van der Waals surface area contributed by atoms with Gasteiger partial charge in [0.25, 0.3) is 0 Å². The van der Waals surface area contributed by atoms with Crippen LogP contribution in [0.2, 0.25) is 10.0 Å². The van der Waals surface area contributed by atoms with Crippen LogP contribution >= 0.6 is 23.2 Å². The summed E-state index contributed by atoms with van der Waals surface area (Å²) in [5.41, 5.74) is 1.77. The Morgan fingerprint density at radius 2 is 2.03 bits per heavy atom. The number of aliphatic carboxylic acids is 1. The van der Waals surface area contributed by atoms with Crippen LogP contribution in [0.5, 0.6) is 5.75 Å². The number of fused-ring (bicyclic) bond motifs is 1. The van der Waals surface area contributed by atoms with E-state index in [0.717, 1.165) is 28.4 Å². The van der Waals surface area contributed by atoms with Gasteiger partial charge in [-0.05, 0) is 37.6 Å². The Labute approximate surface area is 190 Å². The lowest BCUT2D eigenvalue weighted by Gasteiger charge is -2.27. The molecule has 0 spiro atoms. The molecule has 0 saturated carbocycles. The maximum absolute atomic E-state index is 13.3. The molecular weight excluding hydrogens is 443 g/mol. The number of carbonyl (C=O) groups excluding carboxylic acids is 2. The number of para-hydroxylation sites is 1.